The van der Waals surface area contributed by atoms with Gasteiger partial charge in [0.05, 0.1) is 11.7 Å². The Morgan fingerprint density at radius 2 is 2.54 bits per heavy atom. The summed E-state index contributed by atoms with van der Waals surface area (Å²) in [6, 6.07) is 2.53. The van der Waals surface area contributed by atoms with E-state index in [0.29, 0.717) is 6.04 Å². The van der Waals surface area contributed by atoms with Crippen LogP contribution in [-0.2, 0) is 0 Å². The topological polar surface area (TPSA) is 29.3 Å². The Morgan fingerprint density at radius 1 is 1.69 bits per heavy atom. The summed E-state index contributed by atoms with van der Waals surface area (Å²) in [6.07, 6.45) is 2.49. The Bertz CT molecular complexity index is 282. The maximum atomic E-state index is 5.29. The van der Waals surface area contributed by atoms with Crippen LogP contribution in [0, 0.1) is 6.92 Å². The van der Waals surface area contributed by atoms with Gasteiger partial charge in [-0.3, -0.25) is 4.90 Å². The highest BCUT2D eigenvalue weighted by Gasteiger charge is 2.27. The number of rotatable bonds is 2. The second kappa shape index (κ2) is 3.50. The van der Waals surface area contributed by atoms with E-state index in [4.69, 9.17) is 4.52 Å². The molecule has 0 spiro atoms. The zero-order chi connectivity index (χ0) is 9.26. The van der Waals surface area contributed by atoms with Crippen molar-refractivity contribution in [2.24, 2.45) is 0 Å². The number of hydrogen-bond acceptors (Lipinski definition) is 3. The molecule has 0 radical (unpaired) electrons. The van der Waals surface area contributed by atoms with Gasteiger partial charge in [-0.2, -0.15) is 0 Å². The number of aryl methyl sites for hydroxylation is 1. The van der Waals surface area contributed by atoms with Crippen LogP contribution in [0.1, 0.15) is 37.3 Å². The lowest BCUT2D eigenvalue weighted by molar-refractivity contribution is 0.223. The molecule has 3 nitrogen and oxygen atoms in total. The molecule has 3 heteroatoms. The lowest BCUT2D eigenvalue weighted by Crippen LogP contribution is -2.22. The van der Waals surface area contributed by atoms with Crippen molar-refractivity contribution in [2.45, 2.75) is 32.7 Å². The molecule has 0 N–H and O–H groups in total. The summed E-state index contributed by atoms with van der Waals surface area (Å²) in [5, 5.41) is 3.93. The first-order valence-electron chi connectivity index (χ1n) is 4.98. The maximum absolute atomic E-state index is 5.29. The van der Waals surface area contributed by atoms with Crippen LogP contribution in [-0.4, -0.2) is 23.1 Å². The van der Waals surface area contributed by atoms with Crippen molar-refractivity contribution in [3.8, 4) is 0 Å². The number of aromatic nitrogens is 1. The minimum Gasteiger partial charge on any atom is -0.359 e. The zero-order valence-corrected chi connectivity index (χ0v) is 8.29. The van der Waals surface area contributed by atoms with E-state index < -0.39 is 0 Å². The van der Waals surface area contributed by atoms with Gasteiger partial charge in [0.2, 0.25) is 0 Å². The Labute approximate surface area is 78.7 Å². The fourth-order valence-electron chi connectivity index (χ4n) is 2.07. The van der Waals surface area contributed by atoms with Gasteiger partial charge < -0.3 is 4.52 Å². The second-order valence-electron chi connectivity index (χ2n) is 3.66. The zero-order valence-electron chi connectivity index (χ0n) is 8.29. The lowest BCUT2D eigenvalue weighted by atomic mass is 10.1. The first kappa shape index (κ1) is 8.75. The molecule has 2 rings (SSSR count). The van der Waals surface area contributed by atoms with E-state index in [1.807, 2.05) is 6.92 Å². The highest BCUT2D eigenvalue weighted by Crippen LogP contribution is 2.31. The van der Waals surface area contributed by atoms with Crippen LogP contribution < -0.4 is 0 Å². The first-order valence-corrected chi connectivity index (χ1v) is 4.98. The molecule has 1 atom stereocenters. The molecular weight excluding hydrogens is 164 g/mol. The third kappa shape index (κ3) is 1.61. The third-order valence-electron chi connectivity index (χ3n) is 2.74. The molecule has 1 aromatic heterocycles. The molecular formula is C10H16N2O. The highest BCUT2D eigenvalue weighted by molar-refractivity contribution is 5.09. The fraction of sp³-hybridized carbons (Fsp3) is 0.700. The molecule has 1 aliphatic heterocycles. The smallest absolute Gasteiger partial charge is 0.154 e. The van der Waals surface area contributed by atoms with Crippen LogP contribution in [0.2, 0.25) is 0 Å². The van der Waals surface area contributed by atoms with Crippen LogP contribution in [0.15, 0.2) is 10.6 Å². The van der Waals surface area contributed by atoms with Crippen molar-refractivity contribution in [1.29, 1.82) is 0 Å². The number of likely N-dealkylation sites (tertiary alicyclic amines) is 1. The van der Waals surface area contributed by atoms with E-state index in [1.165, 1.54) is 19.4 Å². The Morgan fingerprint density at radius 3 is 3.15 bits per heavy atom. The van der Waals surface area contributed by atoms with E-state index >= 15 is 0 Å². The van der Waals surface area contributed by atoms with Crippen LogP contribution >= 0.6 is 0 Å². The molecule has 0 aliphatic carbocycles. The molecule has 13 heavy (non-hydrogen) atoms. The van der Waals surface area contributed by atoms with Crippen LogP contribution in [0.5, 0.6) is 0 Å². The average Bonchev–Trinajstić information content (AvgIpc) is 2.71. The largest absolute Gasteiger partial charge is 0.359 e. The predicted molar refractivity (Wildman–Crippen MR) is 50.5 cm³/mol. The summed E-state index contributed by atoms with van der Waals surface area (Å²) in [5.74, 6) is 1.04. The maximum Gasteiger partial charge on any atom is 0.154 e. The third-order valence-corrected chi connectivity index (χ3v) is 2.74. The summed E-state index contributed by atoms with van der Waals surface area (Å²) in [7, 11) is 0. The Hall–Kier alpha value is -0.830. The van der Waals surface area contributed by atoms with E-state index in [0.717, 1.165) is 18.0 Å². The molecule has 1 aliphatic rings. The van der Waals surface area contributed by atoms with Gasteiger partial charge in [-0.05, 0) is 32.9 Å². The summed E-state index contributed by atoms with van der Waals surface area (Å²) >= 11 is 0. The standard InChI is InChI=1S/C10H16N2O/c1-3-12-6-4-5-9(12)10-7-8(2)11-13-10/h7,9H,3-6H2,1-2H3/t9-/m0/s1. The molecule has 1 fully saturated rings. The molecule has 0 unspecified atom stereocenters. The van der Waals surface area contributed by atoms with Crippen molar-refractivity contribution < 1.29 is 4.52 Å². The van der Waals surface area contributed by atoms with E-state index in [2.05, 4.69) is 23.0 Å². The monoisotopic (exact) mass is 180 g/mol. The SMILES string of the molecule is CCN1CCC[C@H]1c1cc(C)no1. The van der Waals surface area contributed by atoms with Gasteiger partial charge in [-0.25, -0.2) is 0 Å². The summed E-state index contributed by atoms with van der Waals surface area (Å²) in [5.41, 5.74) is 0.984. The van der Waals surface area contributed by atoms with Crippen molar-refractivity contribution in [3.05, 3.63) is 17.5 Å². The van der Waals surface area contributed by atoms with E-state index in [-0.39, 0.29) is 0 Å². The molecule has 0 amide bonds. The second-order valence-corrected chi connectivity index (χ2v) is 3.66. The summed E-state index contributed by atoms with van der Waals surface area (Å²) in [6.45, 7) is 6.46. The molecule has 0 bridgehead atoms. The molecule has 1 saturated heterocycles. The fourth-order valence-corrected chi connectivity index (χ4v) is 2.07. The Balaban J connectivity index is 2.15. The van der Waals surface area contributed by atoms with Gasteiger partial charge >= 0.3 is 0 Å². The van der Waals surface area contributed by atoms with Gasteiger partial charge in [0.15, 0.2) is 5.76 Å². The van der Waals surface area contributed by atoms with Gasteiger partial charge in [-0.15, -0.1) is 0 Å². The van der Waals surface area contributed by atoms with Crippen molar-refractivity contribution in [1.82, 2.24) is 10.1 Å². The summed E-state index contributed by atoms with van der Waals surface area (Å²) in [4.78, 5) is 2.44. The van der Waals surface area contributed by atoms with Gasteiger partial charge in [0.25, 0.3) is 0 Å². The molecule has 1 aromatic rings. The molecule has 0 saturated carbocycles. The normalized spacial score (nSPS) is 24.0. The number of nitrogens with zero attached hydrogens (tertiary/aromatic N) is 2. The molecule has 2 heterocycles. The Kier molecular flexibility index (Phi) is 2.36. The first-order chi connectivity index (χ1) is 6.31. The van der Waals surface area contributed by atoms with Gasteiger partial charge in [0.1, 0.15) is 0 Å². The predicted octanol–water partition coefficient (Wildman–Crippen LogP) is 2.14. The van der Waals surface area contributed by atoms with E-state index in [1.54, 1.807) is 0 Å². The van der Waals surface area contributed by atoms with Crippen molar-refractivity contribution >= 4 is 0 Å². The van der Waals surface area contributed by atoms with Gasteiger partial charge in [-0.1, -0.05) is 12.1 Å². The summed E-state index contributed by atoms with van der Waals surface area (Å²) < 4.78 is 5.29. The van der Waals surface area contributed by atoms with E-state index in [9.17, 15) is 0 Å². The minimum atomic E-state index is 0.478. The molecule has 72 valence electrons. The highest BCUT2D eigenvalue weighted by atomic mass is 16.5. The lowest BCUT2D eigenvalue weighted by Gasteiger charge is -2.19. The van der Waals surface area contributed by atoms with Crippen molar-refractivity contribution in [2.75, 3.05) is 13.1 Å². The van der Waals surface area contributed by atoms with Crippen LogP contribution in [0.4, 0.5) is 0 Å². The average molecular weight is 180 g/mol. The van der Waals surface area contributed by atoms with Crippen LogP contribution in [0.3, 0.4) is 0 Å². The van der Waals surface area contributed by atoms with Crippen molar-refractivity contribution in [3.63, 3.8) is 0 Å². The van der Waals surface area contributed by atoms with Crippen LogP contribution in [0.25, 0.3) is 0 Å². The minimum absolute atomic E-state index is 0.478. The van der Waals surface area contributed by atoms with Gasteiger partial charge in [0, 0.05) is 6.07 Å². The number of hydrogen-bond donors (Lipinski definition) is 0. The molecule has 0 aromatic carbocycles. The quantitative estimate of drug-likeness (QED) is 0.698.